The summed E-state index contributed by atoms with van der Waals surface area (Å²) in [6.07, 6.45) is -1.51. The van der Waals surface area contributed by atoms with Gasteiger partial charge in [0.2, 0.25) is 11.9 Å². The molecule has 0 bridgehead atoms. The summed E-state index contributed by atoms with van der Waals surface area (Å²) in [5.41, 5.74) is 0.383. The number of anilines is 1. The Morgan fingerprint density at radius 2 is 1.93 bits per heavy atom. The molecule has 1 fully saturated rings. The van der Waals surface area contributed by atoms with Crippen LogP contribution in [-0.2, 0) is 24.1 Å². The fourth-order valence-electron chi connectivity index (χ4n) is 2.91. The van der Waals surface area contributed by atoms with Crippen molar-refractivity contribution in [2.45, 2.75) is 38.0 Å². The first-order chi connectivity index (χ1) is 13.8. The van der Waals surface area contributed by atoms with Crippen molar-refractivity contribution in [3.05, 3.63) is 58.6 Å². The Bertz CT molecular complexity index is 1020. The minimum atomic E-state index is -4.55. The molecule has 2 heterocycles. The van der Waals surface area contributed by atoms with Crippen molar-refractivity contribution >= 4 is 23.5 Å². The third-order valence-corrected chi connectivity index (χ3v) is 4.69. The quantitative estimate of drug-likeness (QED) is 0.654. The van der Waals surface area contributed by atoms with E-state index in [0.717, 1.165) is 29.2 Å². The zero-order valence-electron chi connectivity index (χ0n) is 15.0. The van der Waals surface area contributed by atoms with Crippen LogP contribution in [0, 0.1) is 0 Å². The maximum Gasteiger partial charge on any atom is 0.435 e. The second kappa shape index (κ2) is 7.51. The molecule has 4 rings (SSSR count). The van der Waals surface area contributed by atoms with E-state index in [-0.39, 0.29) is 18.4 Å². The second-order valence-corrected chi connectivity index (χ2v) is 7.26. The topological polar surface area (TPSA) is 77.6 Å². The molecule has 29 heavy (non-hydrogen) atoms. The van der Waals surface area contributed by atoms with Gasteiger partial charge in [-0.25, -0.2) is 9.67 Å². The zero-order chi connectivity index (χ0) is 20.6. The molecule has 1 amide bonds. The van der Waals surface area contributed by atoms with Gasteiger partial charge in [0.1, 0.15) is 12.9 Å². The lowest BCUT2D eigenvalue weighted by atomic mass is 10.2. The lowest BCUT2D eigenvalue weighted by Crippen LogP contribution is -2.22. The van der Waals surface area contributed by atoms with Gasteiger partial charge in [0.15, 0.2) is 5.69 Å². The molecule has 1 N–H and O–H groups in total. The van der Waals surface area contributed by atoms with Crippen LogP contribution in [0.25, 0.3) is 0 Å². The monoisotopic (exact) mass is 424 g/mol. The van der Waals surface area contributed by atoms with Crippen molar-refractivity contribution in [1.29, 1.82) is 0 Å². The van der Waals surface area contributed by atoms with Gasteiger partial charge in [0, 0.05) is 16.6 Å². The molecule has 0 atom stereocenters. The zero-order valence-corrected chi connectivity index (χ0v) is 15.8. The molecular formula is C18H16ClF3N6O. The van der Waals surface area contributed by atoms with Crippen molar-refractivity contribution in [1.82, 2.24) is 24.5 Å². The Balaban J connectivity index is 1.41. The molecule has 11 heteroatoms. The molecule has 0 radical (unpaired) electrons. The number of halogens is 4. The molecule has 0 spiro atoms. The highest BCUT2D eigenvalue weighted by atomic mass is 35.5. The molecule has 7 nitrogen and oxygen atoms in total. The number of hydrogen-bond donors (Lipinski definition) is 1. The average Bonchev–Trinajstić information content (AvgIpc) is 3.26. The lowest BCUT2D eigenvalue weighted by Gasteiger charge is -2.06. The van der Waals surface area contributed by atoms with Crippen LogP contribution >= 0.6 is 11.6 Å². The summed E-state index contributed by atoms with van der Waals surface area (Å²) >= 11 is 5.85. The molecule has 0 unspecified atom stereocenters. The smallest absolute Gasteiger partial charge is 0.292 e. The van der Waals surface area contributed by atoms with Gasteiger partial charge in [-0.1, -0.05) is 23.7 Å². The lowest BCUT2D eigenvalue weighted by molar-refractivity contribution is -0.141. The maximum atomic E-state index is 12.9. The van der Waals surface area contributed by atoms with E-state index in [4.69, 9.17) is 11.6 Å². The predicted octanol–water partition coefficient (Wildman–Crippen LogP) is 3.71. The first kappa shape index (κ1) is 19.4. The minimum absolute atomic E-state index is 0.0168. The Labute approximate surface area is 168 Å². The molecule has 0 aliphatic heterocycles. The summed E-state index contributed by atoms with van der Waals surface area (Å²) in [6, 6.07) is 8.22. The van der Waals surface area contributed by atoms with E-state index in [1.54, 1.807) is 12.1 Å². The first-order valence-electron chi connectivity index (χ1n) is 8.86. The van der Waals surface area contributed by atoms with Crippen molar-refractivity contribution in [2.24, 2.45) is 0 Å². The molecule has 0 saturated heterocycles. The normalized spacial score (nSPS) is 14.2. The summed E-state index contributed by atoms with van der Waals surface area (Å²) in [7, 11) is 0. The van der Waals surface area contributed by atoms with Gasteiger partial charge in [0.05, 0.1) is 6.54 Å². The first-order valence-corrected chi connectivity index (χ1v) is 9.24. The number of amides is 1. The van der Waals surface area contributed by atoms with Crippen LogP contribution in [0.3, 0.4) is 0 Å². The standard InChI is InChI=1S/C18H16ClF3N6O/c19-13-5-1-11(2-6-13)8-27-10-23-17(26-27)24-16(29)9-28-14(12-3-4-12)7-15(25-28)18(20,21)22/h1-2,5-7,10,12H,3-4,8-9H2,(H,24,26,29). The molecule has 1 saturated carbocycles. The van der Waals surface area contributed by atoms with Gasteiger partial charge in [-0.3, -0.25) is 14.8 Å². The van der Waals surface area contributed by atoms with Crippen LogP contribution in [-0.4, -0.2) is 30.5 Å². The fourth-order valence-corrected chi connectivity index (χ4v) is 3.04. The van der Waals surface area contributed by atoms with Gasteiger partial charge in [-0.15, -0.1) is 5.10 Å². The molecule has 2 aromatic heterocycles. The maximum absolute atomic E-state index is 12.9. The number of rotatable bonds is 6. The summed E-state index contributed by atoms with van der Waals surface area (Å²) < 4.78 is 41.5. The van der Waals surface area contributed by atoms with Crippen LogP contribution in [0.5, 0.6) is 0 Å². The van der Waals surface area contributed by atoms with E-state index in [0.29, 0.717) is 17.3 Å². The summed E-state index contributed by atoms with van der Waals surface area (Å²) in [4.78, 5) is 16.3. The number of alkyl halides is 3. The minimum Gasteiger partial charge on any atom is -0.292 e. The van der Waals surface area contributed by atoms with Gasteiger partial charge in [-0.2, -0.15) is 18.3 Å². The summed E-state index contributed by atoms with van der Waals surface area (Å²) in [5.74, 6) is -0.462. The number of carbonyl (C=O) groups excluding carboxylic acids is 1. The van der Waals surface area contributed by atoms with E-state index in [1.807, 2.05) is 12.1 Å². The number of benzene rings is 1. The molecule has 3 aromatic rings. The molecule has 1 aromatic carbocycles. The van der Waals surface area contributed by atoms with Crippen molar-refractivity contribution in [3.8, 4) is 0 Å². The van der Waals surface area contributed by atoms with Crippen molar-refractivity contribution in [2.75, 3.05) is 5.32 Å². The van der Waals surface area contributed by atoms with E-state index in [9.17, 15) is 18.0 Å². The largest absolute Gasteiger partial charge is 0.435 e. The van der Waals surface area contributed by atoms with Crippen LogP contribution in [0.1, 0.15) is 35.7 Å². The van der Waals surface area contributed by atoms with E-state index in [1.165, 1.54) is 11.0 Å². The number of nitrogens with zero attached hydrogens (tertiary/aromatic N) is 5. The molecule has 152 valence electrons. The number of hydrogen-bond acceptors (Lipinski definition) is 4. The van der Waals surface area contributed by atoms with Gasteiger partial charge in [0.25, 0.3) is 0 Å². The fraction of sp³-hybridized carbons (Fsp3) is 0.333. The summed E-state index contributed by atoms with van der Waals surface area (Å²) in [6.45, 7) is 0.0909. The highest BCUT2D eigenvalue weighted by Gasteiger charge is 2.38. The molecule has 1 aliphatic rings. The van der Waals surface area contributed by atoms with Crippen LogP contribution < -0.4 is 5.32 Å². The highest BCUT2D eigenvalue weighted by Crippen LogP contribution is 2.42. The Kier molecular flexibility index (Phi) is 5.03. The Morgan fingerprint density at radius 3 is 2.59 bits per heavy atom. The number of nitrogens with one attached hydrogen (secondary N) is 1. The van der Waals surface area contributed by atoms with E-state index in [2.05, 4.69) is 20.5 Å². The van der Waals surface area contributed by atoms with Crippen LogP contribution in [0.15, 0.2) is 36.7 Å². The van der Waals surface area contributed by atoms with Crippen molar-refractivity contribution < 1.29 is 18.0 Å². The SMILES string of the molecule is O=C(Cn1nc(C(F)(F)F)cc1C1CC1)Nc1ncn(Cc2ccc(Cl)cc2)n1. The average molecular weight is 425 g/mol. The van der Waals surface area contributed by atoms with Crippen LogP contribution in [0.2, 0.25) is 5.02 Å². The van der Waals surface area contributed by atoms with Gasteiger partial charge in [-0.05, 0) is 36.6 Å². The third-order valence-electron chi connectivity index (χ3n) is 4.44. The number of aromatic nitrogens is 5. The van der Waals surface area contributed by atoms with Crippen molar-refractivity contribution in [3.63, 3.8) is 0 Å². The van der Waals surface area contributed by atoms with E-state index >= 15 is 0 Å². The highest BCUT2D eigenvalue weighted by molar-refractivity contribution is 6.30. The van der Waals surface area contributed by atoms with E-state index < -0.39 is 17.8 Å². The molecular weight excluding hydrogens is 409 g/mol. The van der Waals surface area contributed by atoms with Crippen LogP contribution in [0.4, 0.5) is 19.1 Å². The van der Waals surface area contributed by atoms with Gasteiger partial charge < -0.3 is 0 Å². The molecule has 1 aliphatic carbocycles. The third kappa shape index (κ3) is 4.76. The summed E-state index contributed by atoms with van der Waals surface area (Å²) in [5, 5.41) is 10.8. The predicted molar refractivity (Wildman–Crippen MR) is 98.4 cm³/mol. The number of carbonyl (C=O) groups is 1. The Morgan fingerprint density at radius 1 is 1.21 bits per heavy atom. The van der Waals surface area contributed by atoms with Gasteiger partial charge >= 0.3 is 6.18 Å². The Hall–Kier alpha value is -2.88. The second-order valence-electron chi connectivity index (χ2n) is 6.82.